The summed E-state index contributed by atoms with van der Waals surface area (Å²) in [5, 5.41) is 11.6. The lowest BCUT2D eigenvalue weighted by Gasteiger charge is -2.33. The first-order chi connectivity index (χ1) is 10.9. The summed E-state index contributed by atoms with van der Waals surface area (Å²) in [6, 6.07) is 0.239. The van der Waals surface area contributed by atoms with Gasteiger partial charge in [0, 0.05) is 18.3 Å². The van der Waals surface area contributed by atoms with Crippen LogP contribution in [0.1, 0.15) is 50.9 Å². The van der Waals surface area contributed by atoms with Crippen molar-refractivity contribution in [2.24, 2.45) is 7.05 Å². The molecule has 2 rings (SSSR count). The van der Waals surface area contributed by atoms with Gasteiger partial charge in [-0.3, -0.25) is 9.48 Å². The fraction of sp³-hybridized carbons (Fsp3) is 0.765. The van der Waals surface area contributed by atoms with Crippen LogP contribution in [-0.2, 0) is 11.8 Å². The van der Waals surface area contributed by atoms with Gasteiger partial charge in [0.05, 0.1) is 23.1 Å². The number of anilines is 1. The average Bonchev–Trinajstić information content (AvgIpc) is 2.75. The van der Waals surface area contributed by atoms with Gasteiger partial charge in [-0.2, -0.15) is 16.9 Å². The van der Waals surface area contributed by atoms with Gasteiger partial charge in [-0.15, -0.1) is 0 Å². The van der Waals surface area contributed by atoms with E-state index < -0.39 is 0 Å². The number of hydrogen-bond donors (Lipinski definition) is 2. The van der Waals surface area contributed by atoms with Crippen molar-refractivity contribution in [2.75, 3.05) is 11.1 Å². The van der Waals surface area contributed by atoms with Crippen molar-refractivity contribution in [3.63, 3.8) is 0 Å². The standard InChI is InChI=1S/C17H30N4OS/c1-6-23-15-10-8-7-9-14(15)18-12(3)17(22)19-16-11(2)20-21(5)13(16)4/h12,14-15,18H,6-10H2,1-5H3,(H,19,22)/t12-,14+,15+/m0/s1. The lowest BCUT2D eigenvalue weighted by molar-refractivity contribution is -0.118. The largest absolute Gasteiger partial charge is 0.322 e. The number of hydrogen-bond acceptors (Lipinski definition) is 4. The molecule has 0 spiro atoms. The topological polar surface area (TPSA) is 59.0 Å². The van der Waals surface area contributed by atoms with Crippen LogP contribution >= 0.6 is 11.8 Å². The molecule has 1 saturated carbocycles. The molecule has 0 radical (unpaired) electrons. The summed E-state index contributed by atoms with van der Waals surface area (Å²) in [5.41, 5.74) is 2.69. The molecule has 1 aliphatic carbocycles. The Kier molecular flexibility index (Phi) is 6.53. The first-order valence-electron chi connectivity index (χ1n) is 8.62. The zero-order valence-electron chi connectivity index (χ0n) is 15.0. The molecule has 1 amide bonds. The Labute approximate surface area is 144 Å². The first kappa shape index (κ1) is 18.3. The lowest BCUT2D eigenvalue weighted by Crippen LogP contribution is -2.49. The molecule has 0 saturated heterocycles. The summed E-state index contributed by atoms with van der Waals surface area (Å²) in [7, 11) is 1.90. The highest BCUT2D eigenvalue weighted by Gasteiger charge is 2.28. The summed E-state index contributed by atoms with van der Waals surface area (Å²) < 4.78 is 1.80. The quantitative estimate of drug-likeness (QED) is 0.837. The molecule has 3 atom stereocenters. The number of carbonyl (C=O) groups is 1. The zero-order valence-corrected chi connectivity index (χ0v) is 15.8. The molecule has 0 aliphatic heterocycles. The predicted molar refractivity (Wildman–Crippen MR) is 98.1 cm³/mol. The fourth-order valence-corrected chi connectivity index (χ4v) is 4.49. The minimum atomic E-state index is -0.197. The van der Waals surface area contributed by atoms with Crippen molar-refractivity contribution in [3.8, 4) is 0 Å². The van der Waals surface area contributed by atoms with E-state index in [0.29, 0.717) is 11.3 Å². The van der Waals surface area contributed by atoms with E-state index in [1.807, 2.05) is 39.6 Å². The molecule has 5 nitrogen and oxygen atoms in total. The summed E-state index contributed by atoms with van der Waals surface area (Å²) in [4.78, 5) is 12.5. The fourth-order valence-electron chi connectivity index (χ4n) is 3.28. The Balaban J connectivity index is 1.96. The minimum Gasteiger partial charge on any atom is -0.322 e. The number of aryl methyl sites for hydroxylation is 2. The normalized spacial score (nSPS) is 22.8. The molecule has 1 fully saturated rings. The predicted octanol–water partition coefficient (Wildman–Crippen LogP) is 3.02. The number of nitrogens with one attached hydrogen (secondary N) is 2. The number of rotatable bonds is 6. The minimum absolute atomic E-state index is 0.0232. The van der Waals surface area contributed by atoms with Gasteiger partial charge < -0.3 is 10.6 Å². The van der Waals surface area contributed by atoms with E-state index in [0.717, 1.165) is 22.8 Å². The number of carbonyl (C=O) groups excluding carboxylic acids is 1. The van der Waals surface area contributed by atoms with Crippen LogP contribution in [0, 0.1) is 13.8 Å². The molecule has 130 valence electrons. The van der Waals surface area contributed by atoms with Gasteiger partial charge in [-0.25, -0.2) is 0 Å². The number of aromatic nitrogens is 2. The van der Waals surface area contributed by atoms with Gasteiger partial charge in [0.2, 0.25) is 5.91 Å². The second-order valence-electron chi connectivity index (χ2n) is 6.43. The summed E-state index contributed by atoms with van der Waals surface area (Å²) in [5.74, 6) is 1.16. The Morgan fingerprint density at radius 2 is 2.09 bits per heavy atom. The molecular formula is C17H30N4OS. The molecule has 2 N–H and O–H groups in total. The van der Waals surface area contributed by atoms with E-state index in [4.69, 9.17) is 0 Å². The third kappa shape index (κ3) is 4.51. The molecule has 0 bridgehead atoms. The van der Waals surface area contributed by atoms with Crippen LogP contribution in [0.2, 0.25) is 0 Å². The lowest BCUT2D eigenvalue weighted by atomic mass is 9.94. The van der Waals surface area contributed by atoms with Crippen molar-refractivity contribution < 1.29 is 4.79 Å². The Bertz CT molecular complexity index is 541. The molecule has 1 aromatic rings. The van der Waals surface area contributed by atoms with Crippen LogP contribution < -0.4 is 10.6 Å². The van der Waals surface area contributed by atoms with E-state index >= 15 is 0 Å². The van der Waals surface area contributed by atoms with E-state index in [1.54, 1.807) is 4.68 Å². The van der Waals surface area contributed by atoms with Crippen LogP contribution in [0.25, 0.3) is 0 Å². The van der Waals surface area contributed by atoms with Crippen LogP contribution in [0.4, 0.5) is 5.69 Å². The third-order valence-corrected chi connectivity index (χ3v) is 6.02. The average molecular weight is 339 g/mol. The van der Waals surface area contributed by atoms with Crippen molar-refractivity contribution in [1.82, 2.24) is 15.1 Å². The highest BCUT2D eigenvalue weighted by Crippen LogP contribution is 2.29. The molecule has 0 unspecified atom stereocenters. The third-order valence-electron chi connectivity index (χ3n) is 4.70. The highest BCUT2D eigenvalue weighted by atomic mass is 32.2. The summed E-state index contributed by atoms with van der Waals surface area (Å²) in [6.07, 6.45) is 4.99. The van der Waals surface area contributed by atoms with Crippen LogP contribution in [-0.4, -0.2) is 38.8 Å². The van der Waals surface area contributed by atoms with Crippen LogP contribution in [0.3, 0.4) is 0 Å². The molecule has 1 aliphatic rings. The van der Waals surface area contributed by atoms with Crippen molar-refractivity contribution in [1.29, 1.82) is 0 Å². The monoisotopic (exact) mass is 338 g/mol. The van der Waals surface area contributed by atoms with Crippen molar-refractivity contribution >= 4 is 23.4 Å². The van der Waals surface area contributed by atoms with Crippen molar-refractivity contribution in [3.05, 3.63) is 11.4 Å². The van der Waals surface area contributed by atoms with E-state index in [-0.39, 0.29) is 11.9 Å². The van der Waals surface area contributed by atoms with Crippen molar-refractivity contribution in [2.45, 2.75) is 70.7 Å². The van der Waals surface area contributed by atoms with Gasteiger partial charge in [-0.1, -0.05) is 19.8 Å². The van der Waals surface area contributed by atoms with Crippen LogP contribution in [0.5, 0.6) is 0 Å². The number of amides is 1. The molecule has 6 heteroatoms. The Morgan fingerprint density at radius 3 is 2.70 bits per heavy atom. The second kappa shape index (κ2) is 8.20. The van der Waals surface area contributed by atoms with Gasteiger partial charge in [-0.05, 0) is 39.4 Å². The zero-order chi connectivity index (χ0) is 17.0. The van der Waals surface area contributed by atoms with Gasteiger partial charge in [0.1, 0.15) is 0 Å². The van der Waals surface area contributed by atoms with Gasteiger partial charge in [0.25, 0.3) is 0 Å². The molecular weight excluding hydrogens is 308 g/mol. The molecule has 0 aromatic carbocycles. The maximum absolute atomic E-state index is 12.5. The summed E-state index contributed by atoms with van der Waals surface area (Å²) in [6.45, 7) is 8.07. The smallest absolute Gasteiger partial charge is 0.241 e. The van der Waals surface area contributed by atoms with E-state index in [9.17, 15) is 4.79 Å². The molecule has 23 heavy (non-hydrogen) atoms. The van der Waals surface area contributed by atoms with Gasteiger partial charge in [0.15, 0.2) is 0 Å². The maximum Gasteiger partial charge on any atom is 0.241 e. The summed E-state index contributed by atoms with van der Waals surface area (Å²) >= 11 is 2.02. The maximum atomic E-state index is 12.5. The Hall–Kier alpha value is -1.01. The van der Waals surface area contributed by atoms with Crippen LogP contribution in [0.15, 0.2) is 0 Å². The number of thioether (sulfide) groups is 1. The number of nitrogens with zero attached hydrogens (tertiary/aromatic N) is 2. The molecule has 1 aromatic heterocycles. The second-order valence-corrected chi connectivity index (χ2v) is 7.95. The first-order valence-corrected chi connectivity index (χ1v) is 9.67. The van der Waals surface area contributed by atoms with E-state index in [2.05, 4.69) is 22.7 Å². The highest BCUT2D eigenvalue weighted by molar-refractivity contribution is 7.99. The Morgan fingerprint density at radius 1 is 1.39 bits per heavy atom. The SMILES string of the molecule is CCS[C@@H]1CCCC[C@H]1N[C@@H](C)C(=O)Nc1c(C)nn(C)c1C. The van der Waals surface area contributed by atoms with Gasteiger partial charge >= 0.3 is 0 Å². The molecule has 1 heterocycles. The van der Waals surface area contributed by atoms with E-state index in [1.165, 1.54) is 25.7 Å².